The quantitative estimate of drug-likeness (QED) is 0.451. The van der Waals surface area contributed by atoms with Crippen LogP contribution in [-0.2, 0) is 19.1 Å². The van der Waals surface area contributed by atoms with Crippen LogP contribution in [0.25, 0.3) is 0 Å². The zero-order valence-corrected chi connectivity index (χ0v) is 11.0. The highest BCUT2D eigenvalue weighted by Crippen LogP contribution is 2.29. The number of alkyl halides is 6. The molecule has 2 unspecified atom stereocenters. The molecule has 0 N–H and O–H groups in total. The van der Waals surface area contributed by atoms with E-state index in [1.807, 2.05) is 0 Å². The number of carbonyl (C=O) groups excluding carboxylic acids is 2. The van der Waals surface area contributed by atoms with E-state index in [1.165, 1.54) is 6.08 Å². The van der Waals surface area contributed by atoms with Gasteiger partial charge in [-0.25, -0.2) is 0 Å². The highest BCUT2D eigenvalue weighted by Gasteiger charge is 2.39. The monoisotopic (exact) mass is 334 g/mol. The molecular formula is C12H12F6O4. The maximum atomic E-state index is 12.0. The van der Waals surface area contributed by atoms with E-state index in [0.29, 0.717) is 0 Å². The van der Waals surface area contributed by atoms with Gasteiger partial charge in [0.15, 0.2) is 13.2 Å². The van der Waals surface area contributed by atoms with Crippen molar-refractivity contribution in [2.45, 2.75) is 25.2 Å². The molecule has 0 heterocycles. The highest BCUT2D eigenvalue weighted by molar-refractivity contribution is 5.84. The molecule has 0 saturated heterocycles. The predicted molar refractivity (Wildman–Crippen MR) is 59.4 cm³/mol. The van der Waals surface area contributed by atoms with Crippen LogP contribution in [0.1, 0.15) is 12.8 Å². The van der Waals surface area contributed by atoms with Crippen LogP contribution < -0.4 is 0 Å². The molecule has 0 radical (unpaired) electrons. The number of esters is 2. The molecule has 0 aromatic heterocycles. The Morgan fingerprint density at radius 1 is 0.955 bits per heavy atom. The maximum Gasteiger partial charge on any atom is 0.422 e. The Hall–Kier alpha value is -1.74. The molecule has 0 saturated carbocycles. The van der Waals surface area contributed by atoms with Gasteiger partial charge in [-0.1, -0.05) is 12.2 Å². The van der Waals surface area contributed by atoms with E-state index in [-0.39, 0.29) is 12.8 Å². The van der Waals surface area contributed by atoms with Gasteiger partial charge < -0.3 is 9.47 Å². The fourth-order valence-electron chi connectivity index (χ4n) is 1.85. The van der Waals surface area contributed by atoms with Crippen molar-refractivity contribution in [3.8, 4) is 0 Å². The van der Waals surface area contributed by atoms with E-state index in [2.05, 4.69) is 9.47 Å². The number of ether oxygens (including phenoxy) is 2. The summed E-state index contributed by atoms with van der Waals surface area (Å²) in [6.45, 7) is -3.66. The molecule has 0 fully saturated rings. The third-order valence-electron chi connectivity index (χ3n) is 2.75. The number of halogens is 6. The second-order valence-electron chi connectivity index (χ2n) is 4.58. The van der Waals surface area contributed by atoms with E-state index in [1.54, 1.807) is 0 Å². The molecule has 0 aromatic rings. The van der Waals surface area contributed by atoms with Gasteiger partial charge in [0.2, 0.25) is 0 Å². The molecule has 0 spiro atoms. The van der Waals surface area contributed by atoms with Gasteiger partial charge in [-0.15, -0.1) is 0 Å². The first kappa shape index (κ1) is 18.3. The van der Waals surface area contributed by atoms with Crippen LogP contribution >= 0.6 is 0 Å². The van der Waals surface area contributed by atoms with Crippen molar-refractivity contribution in [3.63, 3.8) is 0 Å². The summed E-state index contributed by atoms with van der Waals surface area (Å²) < 4.78 is 80.0. The van der Waals surface area contributed by atoms with Crippen LogP contribution in [0.4, 0.5) is 26.3 Å². The van der Waals surface area contributed by atoms with E-state index >= 15 is 0 Å². The Balaban J connectivity index is 2.66. The minimum atomic E-state index is -4.74. The number of rotatable bonds is 4. The summed E-state index contributed by atoms with van der Waals surface area (Å²) in [5.74, 6) is -5.32. The molecule has 10 heteroatoms. The number of allylic oxidation sites excluding steroid dienone is 1. The van der Waals surface area contributed by atoms with Gasteiger partial charge in [0, 0.05) is 0 Å². The zero-order chi connectivity index (χ0) is 17.0. The van der Waals surface area contributed by atoms with E-state index < -0.39 is 49.3 Å². The topological polar surface area (TPSA) is 52.6 Å². The third-order valence-corrected chi connectivity index (χ3v) is 2.75. The number of hydrogen-bond donors (Lipinski definition) is 0. The SMILES string of the molecule is O=C(OCC(F)(F)F)C1C=CCCC1C(=O)OCC(F)(F)F. The summed E-state index contributed by atoms with van der Waals surface area (Å²) in [6.07, 6.45) is -6.62. The lowest BCUT2D eigenvalue weighted by atomic mass is 9.84. The first-order valence-electron chi connectivity index (χ1n) is 6.13. The first-order chi connectivity index (χ1) is 9.99. The van der Waals surface area contributed by atoms with Crippen molar-refractivity contribution in [2.24, 2.45) is 11.8 Å². The third kappa shape index (κ3) is 6.35. The summed E-state index contributed by atoms with van der Waals surface area (Å²) in [7, 11) is 0. The van der Waals surface area contributed by atoms with E-state index in [4.69, 9.17) is 0 Å². The lowest BCUT2D eigenvalue weighted by Crippen LogP contribution is -2.35. The zero-order valence-electron chi connectivity index (χ0n) is 11.0. The summed E-state index contributed by atoms with van der Waals surface area (Å²) in [5, 5.41) is 0. The van der Waals surface area contributed by atoms with Crippen molar-refractivity contribution < 1.29 is 45.4 Å². The highest BCUT2D eigenvalue weighted by atomic mass is 19.4. The van der Waals surface area contributed by atoms with Crippen molar-refractivity contribution in [1.29, 1.82) is 0 Å². The van der Waals surface area contributed by atoms with Gasteiger partial charge in [0.05, 0.1) is 11.8 Å². The molecule has 1 aliphatic carbocycles. The molecule has 4 nitrogen and oxygen atoms in total. The average molecular weight is 334 g/mol. The number of hydrogen-bond acceptors (Lipinski definition) is 4. The summed E-state index contributed by atoms with van der Waals surface area (Å²) in [4.78, 5) is 23.1. The number of carbonyl (C=O) groups is 2. The predicted octanol–water partition coefficient (Wildman–Crippen LogP) is 2.78. The fourth-order valence-corrected chi connectivity index (χ4v) is 1.85. The molecule has 0 aromatic carbocycles. The molecule has 2 atom stereocenters. The lowest BCUT2D eigenvalue weighted by molar-refractivity contribution is -0.195. The van der Waals surface area contributed by atoms with Crippen molar-refractivity contribution in [2.75, 3.05) is 13.2 Å². The molecule has 22 heavy (non-hydrogen) atoms. The molecule has 1 rings (SSSR count). The van der Waals surface area contributed by atoms with Crippen LogP contribution in [0, 0.1) is 11.8 Å². The minimum Gasteiger partial charge on any atom is -0.456 e. The second-order valence-corrected chi connectivity index (χ2v) is 4.58. The van der Waals surface area contributed by atoms with Gasteiger partial charge in [0.1, 0.15) is 0 Å². The molecule has 126 valence electrons. The second kappa shape index (κ2) is 7.01. The van der Waals surface area contributed by atoms with E-state index in [0.717, 1.165) is 6.08 Å². The Morgan fingerprint density at radius 3 is 1.95 bits per heavy atom. The van der Waals surface area contributed by atoms with Gasteiger partial charge in [-0.3, -0.25) is 9.59 Å². The Kier molecular flexibility index (Phi) is 5.84. The van der Waals surface area contributed by atoms with Gasteiger partial charge >= 0.3 is 24.3 Å². The molecule has 1 aliphatic rings. The normalized spacial score (nSPS) is 22.3. The first-order valence-corrected chi connectivity index (χ1v) is 6.13. The standard InChI is InChI=1S/C12H12F6O4/c13-11(14,15)5-21-9(19)7-3-1-2-4-8(7)10(20)22-6-12(16,17)18/h1,3,7-8H,2,4-6H2. The van der Waals surface area contributed by atoms with Crippen LogP contribution in [0.3, 0.4) is 0 Å². The molecule has 0 aliphatic heterocycles. The van der Waals surface area contributed by atoms with Crippen LogP contribution in [-0.4, -0.2) is 37.5 Å². The largest absolute Gasteiger partial charge is 0.456 e. The van der Waals surface area contributed by atoms with Gasteiger partial charge in [-0.05, 0) is 12.8 Å². The van der Waals surface area contributed by atoms with Crippen LogP contribution in [0.15, 0.2) is 12.2 Å². The maximum absolute atomic E-state index is 12.0. The summed E-state index contributed by atoms with van der Waals surface area (Å²) >= 11 is 0. The average Bonchev–Trinajstić information content (AvgIpc) is 2.40. The molecular weight excluding hydrogens is 322 g/mol. The van der Waals surface area contributed by atoms with Crippen molar-refractivity contribution in [1.82, 2.24) is 0 Å². The fraction of sp³-hybridized carbons (Fsp3) is 0.667. The van der Waals surface area contributed by atoms with Crippen molar-refractivity contribution in [3.05, 3.63) is 12.2 Å². The Bertz CT molecular complexity index is 440. The molecule has 0 bridgehead atoms. The lowest BCUT2D eigenvalue weighted by Gasteiger charge is -2.25. The van der Waals surface area contributed by atoms with E-state index in [9.17, 15) is 35.9 Å². The molecule has 0 amide bonds. The van der Waals surface area contributed by atoms with Crippen LogP contribution in [0.5, 0.6) is 0 Å². The van der Waals surface area contributed by atoms with Crippen molar-refractivity contribution >= 4 is 11.9 Å². The van der Waals surface area contributed by atoms with Gasteiger partial charge in [0.25, 0.3) is 0 Å². The van der Waals surface area contributed by atoms with Crippen LogP contribution in [0.2, 0.25) is 0 Å². The van der Waals surface area contributed by atoms with Gasteiger partial charge in [-0.2, -0.15) is 26.3 Å². The summed E-state index contributed by atoms with van der Waals surface area (Å²) in [5.41, 5.74) is 0. The Morgan fingerprint density at radius 2 is 1.45 bits per heavy atom. The Labute approximate surface area is 121 Å². The smallest absolute Gasteiger partial charge is 0.422 e. The minimum absolute atomic E-state index is 0.0149. The summed E-state index contributed by atoms with van der Waals surface area (Å²) in [6, 6.07) is 0.